The minimum absolute atomic E-state index is 0.184. The lowest BCUT2D eigenvalue weighted by molar-refractivity contribution is -0.129. The van der Waals surface area contributed by atoms with Crippen LogP contribution in [0.3, 0.4) is 0 Å². The summed E-state index contributed by atoms with van der Waals surface area (Å²) in [6.45, 7) is 2.55. The first-order chi connectivity index (χ1) is 11.6. The second-order valence-corrected chi connectivity index (χ2v) is 8.06. The maximum atomic E-state index is 12.2. The zero-order chi connectivity index (χ0) is 16.9. The van der Waals surface area contributed by atoms with Gasteiger partial charge in [-0.3, -0.25) is 9.69 Å². The molecule has 0 atom stereocenters. The molecule has 3 aromatic rings. The molecule has 0 aliphatic carbocycles. The molecule has 0 fully saturated rings. The molecule has 24 heavy (non-hydrogen) atoms. The van der Waals surface area contributed by atoms with Gasteiger partial charge in [0.05, 0.1) is 6.42 Å². The standard InChI is InChI=1S/C19H22N2OS2/c1-20(13-17-12-16-5-3-4-6-18(16)24-17)8-9-21(2)19(22)11-15-7-10-23-14-15/h3-7,10,12,14H,8-9,11,13H2,1-2H3. The van der Waals surface area contributed by atoms with Crippen LogP contribution in [0, 0.1) is 0 Å². The van der Waals surface area contributed by atoms with Crippen molar-refractivity contribution in [3.63, 3.8) is 0 Å². The molecule has 0 bridgehead atoms. The molecule has 1 aromatic carbocycles. The fourth-order valence-corrected chi connectivity index (χ4v) is 4.42. The number of nitrogens with zero attached hydrogens (tertiary/aromatic N) is 2. The largest absolute Gasteiger partial charge is 0.344 e. The molecule has 3 rings (SSSR count). The van der Waals surface area contributed by atoms with Crippen molar-refractivity contribution < 1.29 is 4.79 Å². The van der Waals surface area contributed by atoms with Gasteiger partial charge in [0.2, 0.25) is 5.91 Å². The summed E-state index contributed by atoms with van der Waals surface area (Å²) in [5.74, 6) is 0.184. The van der Waals surface area contributed by atoms with E-state index in [2.05, 4.69) is 42.3 Å². The van der Waals surface area contributed by atoms with Crippen LogP contribution in [-0.4, -0.2) is 42.9 Å². The summed E-state index contributed by atoms with van der Waals surface area (Å²) in [5, 5.41) is 5.37. The first-order valence-electron chi connectivity index (χ1n) is 8.03. The molecule has 3 nitrogen and oxygen atoms in total. The number of carbonyl (C=O) groups excluding carboxylic acids is 1. The Morgan fingerprint density at radius 2 is 1.96 bits per heavy atom. The van der Waals surface area contributed by atoms with Gasteiger partial charge < -0.3 is 4.90 Å². The van der Waals surface area contributed by atoms with Gasteiger partial charge in [0.25, 0.3) is 0 Å². The van der Waals surface area contributed by atoms with Gasteiger partial charge in [0.15, 0.2) is 0 Å². The van der Waals surface area contributed by atoms with Crippen molar-refractivity contribution in [2.75, 3.05) is 27.2 Å². The molecule has 0 unspecified atom stereocenters. The molecule has 0 saturated carbocycles. The number of benzene rings is 1. The Bertz CT molecular complexity index is 762. The molecule has 126 valence electrons. The normalized spacial score (nSPS) is 11.3. The SMILES string of the molecule is CN(CCN(C)C(=O)Cc1ccsc1)Cc1cc2ccccc2s1. The maximum Gasteiger partial charge on any atom is 0.226 e. The van der Waals surface area contributed by atoms with Crippen LogP contribution < -0.4 is 0 Å². The van der Waals surface area contributed by atoms with E-state index in [4.69, 9.17) is 0 Å². The number of amides is 1. The summed E-state index contributed by atoms with van der Waals surface area (Å²) >= 11 is 3.48. The molecule has 0 radical (unpaired) electrons. The summed E-state index contributed by atoms with van der Waals surface area (Å²) in [5.41, 5.74) is 1.11. The second kappa shape index (κ2) is 7.92. The van der Waals surface area contributed by atoms with E-state index in [1.54, 1.807) is 11.3 Å². The van der Waals surface area contributed by atoms with Gasteiger partial charge in [-0.2, -0.15) is 11.3 Å². The Kier molecular flexibility index (Phi) is 5.66. The van der Waals surface area contributed by atoms with Crippen molar-refractivity contribution in [1.82, 2.24) is 9.80 Å². The Balaban J connectivity index is 1.47. The number of fused-ring (bicyclic) bond motifs is 1. The van der Waals surface area contributed by atoms with Gasteiger partial charge in [0, 0.05) is 36.3 Å². The predicted molar refractivity (Wildman–Crippen MR) is 104 cm³/mol. The Labute approximate surface area is 151 Å². The smallest absolute Gasteiger partial charge is 0.226 e. The van der Waals surface area contributed by atoms with Crippen LogP contribution in [-0.2, 0) is 17.8 Å². The van der Waals surface area contributed by atoms with Gasteiger partial charge in [0.1, 0.15) is 0 Å². The van der Waals surface area contributed by atoms with E-state index in [9.17, 15) is 4.79 Å². The minimum atomic E-state index is 0.184. The third-order valence-corrected chi connectivity index (χ3v) is 5.91. The van der Waals surface area contributed by atoms with Crippen molar-refractivity contribution in [2.45, 2.75) is 13.0 Å². The van der Waals surface area contributed by atoms with Gasteiger partial charge >= 0.3 is 0 Å². The quantitative estimate of drug-likeness (QED) is 0.635. The van der Waals surface area contributed by atoms with Gasteiger partial charge in [-0.15, -0.1) is 11.3 Å². The Morgan fingerprint density at radius 3 is 2.71 bits per heavy atom. The molecule has 0 aliphatic heterocycles. The van der Waals surface area contributed by atoms with Gasteiger partial charge in [-0.1, -0.05) is 18.2 Å². The van der Waals surface area contributed by atoms with Crippen LogP contribution in [0.1, 0.15) is 10.4 Å². The highest BCUT2D eigenvalue weighted by atomic mass is 32.1. The summed E-state index contributed by atoms with van der Waals surface area (Å²) in [7, 11) is 4.00. The van der Waals surface area contributed by atoms with Crippen LogP contribution in [0.5, 0.6) is 0 Å². The van der Waals surface area contributed by atoms with Crippen LogP contribution in [0.4, 0.5) is 0 Å². The number of carbonyl (C=O) groups is 1. The van der Waals surface area contributed by atoms with Crippen molar-refractivity contribution in [1.29, 1.82) is 0 Å². The molecule has 0 N–H and O–H groups in total. The summed E-state index contributed by atoms with van der Waals surface area (Å²) in [6, 6.07) is 12.8. The van der Waals surface area contributed by atoms with Crippen molar-refractivity contribution in [3.8, 4) is 0 Å². The van der Waals surface area contributed by atoms with Crippen LogP contribution in [0.25, 0.3) is 10.1 Å². The highest BCUT2D eigenvalue weighted by molar-refractivity contribution is 7.19. The average molecular weight is 359 g/mol. The Morgan fingerprint density at radius 1 is 1.12 bits per heavy atom. The zero-order valence-electron chi connectivity index (χ0n) is 14.1. The third kappa shape index (κ3) is 4.44. The lowest BCUT2D eigenvalue weighted by atomic mass is 10.2. The summed E-state index contributed by atoms with van der Waals surface area (Å²) in [4.78, 5) is 17.7. The number of hydrogen-bond acceptors (Lipinski definition) is 4. The molecule has 2 aromatic heterocycles. The molecular weight excluding hydrogens is 336 g/mol. The van der Waals surface area contributed by atoms with Crippen LogP contribution in [0.15, 0.2) is 47.2 Å². The summed E-state index contributed by atoms with van der Waals surface area (Å²) in [6.07, 6.45) is 0.500. The first-order valence-corrected chi connectivity index (χ1v) is 9.79. The van der Waals surface area contributed by atoms with Crippen LogP contribution in [0.2, 0.25) is 0 Å². The van der Waals surface area contributed by atoms with Gasteiger partial charge in [-0.05, 0) is 47.0 Å². The highest BCUT2D eigenvalue weighted by Gasteiger charge is 2.11. The van der Waals surface area contributed by atoms with E-state index < -0.39 is 0 Å². The number of hydrogen-bond donors (Lipinski definition) is 0. The van der Waals surface area contributed by atoms with Gasteiger partial charge in [-0.25, -0.2) is 0 Å². The molecule has 0 saturated heterocycles. The molecule has 5 heteroatoms. The first kappa shape index (κ1) is 17.1. The minimum Gasteiger partial charge on any atom is -0.344 e. The van der Waals surface area contributed by atoms with E-state index in [0.29, 0.717) is 6.42 Å². The molecule has 0 aliphatic rings. The second-order valence-electron chi connectivity index (χ2n) is 6.11. The average Bonchev–Trinajstić information content (AvgIpc) is 3.21. The lowest BCUT2D eigenvalue weighted by Crippen LogP contribution is -2.35. The topological polar surface area (TPSA) is 23.6 Å². The monoisotopic (exact) mass is 358 g/mol. The van der Waals surface area contributed by atoms with Crippen molar-refractivity contribution >= 4 is 38.7 Å². The summed E-state index contributed by atoms with van der Waals surface area (Å²) < 4.78 is 1.34. The maximum absolute atomic E-state index is 12.2. The molecule has 1 amide bonds. The molecule has 2 heterocycles. The molecule has 0 spiro atoms. The van der Waals surface area contributed by atoms with Crippen molar-refractivity contribution in [3.05, 3.63) is 57.6 Å². The van der Waals surface area contributed by atoms with Crippen LogP contribution >= 0.6 is 22.7 Å². The van der Waals surface area contributed by atoms with E-state index in [1.165, 1.54) is 15.0 Å². The number of rotatable bonds is 7. The zero-order valence-corrected chi connectivity index (χ0v) is 15.7. The van der Waals surface area contributed by atoms with E-state index in [0.717, 1.165) is 25.2 Å². The van der Waals surface area contributed by atoms with Crippen molar-refractivity contribution in [2.24, 2.45) is 0 Å². The van der Waals surface area contributed by atoms with E-state index in [1.807, 2.05) is 40.1 Å². The fourth-order valence-electron chi connectivity index (χ4n) is 2.61. The number of likely N-dealkylation sites (N-methyl/N-ethyl adjacent to an activating group) is 2. The molecular formula is C19H22N2OS2. The Hall–Kier alpha value is -1.69. The lowest BCUT2D eigenvalue weighted by Gasteiger charge is -2.21. The highest BCUT2D eigenvalue weighted by Crippen LogP contribution is 2.25. The fraction of sp³-hybridized carbons (Fsp3) is 0.316. The van der Waals surface area contributed by atoms with E-state index in [-0.39, 0.29) is 5.91 Å². The number of thiophene rings is 2. The van der Waals surface area contributed by atoms with E-state index >= 15 is 0 Å². The predicted octanol–water partition coefficient (Wildman–Crippen LogP) is 4.10. The third-order valence-electron chi connectivity index (χ3n) is 4.08.